The minimum absolute atomic E-state index is 0.0512. The Morgan fingerprint density at radius 1 is 1.08 bits per heavy atom. The zero-order valence-corrected chi connectivity index (χ0v) is 16.2. The van der Waals surface area contributed by atoms with Gasteiger partial charge >= 0.3 is 0 Å². The molecule has 0 spiro atoms. The van der Waals surface area contributed by atoms with Gasteiger partial charge in [-0.1, -0.05) is 26.7 Å². The lowest BCUT2D eigenvalue weighted by atomic mass is 9.86. The predicted molar refractivity (Wildman–Crippen MR) is 99.6 cm³/mol. The van der Waals surface area contributed by atoms with Crippen molar-refractivity contribution in [2.45, 2.75) is 58.3 Å². The molecule has 136 valence electrons. The first-order chi connectivity index (χ1) is 12.2. The summed E-state index contributed by atoms with van der Waals surface area (Å²) in [6.45, 7) is 7.26. The largest absolute Gasteiger partial charge is 0.381 e. The number of thiophene rings is 1. The number of nitrogens with zero attached hydrogens (tertiary/aromatic N) is 2. The van der Waals surface area contributed by atoms with E-state index < -0.39 is 5.92 Å². The molecule has 0 radical (unpaired) electrons. The van der Waals surface area contributed by atoms with Crippen LogP contribution in [0.1, 0.15) is 61.5 Å². The van der Waals surface area contributed by atoms with Gasteiger partial charge in [0.05, 0.1) is 25.4 Å². The van der Waals surface area contributed by atoms with Gasteiger partial charge in [0.1, 0.15) is 0 Å². The van der Waals surface area contributed by atoms with Crippen LogP contribution in [0.4, 0.5) is 0 Å². The van der Waals surface area contributed by atoms with Crippen LogP contribution in [-0.2, 0) is 22.3 Å². The van der Waals surface area contributed by atoms with Crippen LogP contribution in [0.5, 0.6) is 0 Å². The van der Waals surface area contributed by atoms with Crippen LogP contribution < -0.4 is 0 Å². The Labute approximate surface area is 155 Å². The van der Waals surface area contributed by atoms with Gasteiger partial charge in [-0.2, -0.15) is 10.5 Å². The highest BCUT2D eigenvalue weighted by Gasteiger charge is 2.41. The Hall–Kier alpha value is -1.40. The molecular weight excluding hydrogens is 332 g/mol. The van der Waals surface area contributed by atoms with Crippen molar-refractivity contribution in [3.8, 4) is 12.1 Å². The topological polar surface area (TPSA) is 66.0 Å². The van der Waals surface area contributed by atoms with Crippen LogP contribution in [0.15, 0.2) is 5.38 Å². The second-order valence-corrected chi connectivity index (χ2v) is 7.87. The van der Waals surface area contributed by atoms with Crippen LogP contribution in [0, 0.1) is 28.1 Å². The van der Waals surface area contributed by atoms with Crippen molar-refractivity contribution in [3.05, 3.63) is 21.4 Å². The monoisotopic (exact) mass is 360 g/mol. The highest BCUT2D eigenvalue weighted by Crippen LogP contribution is 2.44. The van der Waals surface area contributed by atoms with E-state index in [9.17, 15) is 10.5 Å². The molecule has 1 aromatic heterocycles. The molecule has 0 unspecified atom stereocenters. The van der Waals surface area contributed by atoms with Crippen molar-refractivity contribution in [2.24, 2.45) is 5.41 Å². The molecule has 0 bridgehead atoms. The molecule has 0 amide bonds. The van der Waals surface area contributed by atoms with Crippen molar-refractivity contribution < 1.29 is 9.47 Å². The van der Waals surface area contributed by atoms with E-state index in [0.717, 1.165) is 56.6 Å². The summed E-state index contributed by atoms with van der Waals surface area (Å²) in [5.41, 5.74) is 2.41. The van der Waals surface area contributed by atoms with E-state index in [-0.39, 0.29) is 5.41 Å². The first-order valence-electron chi connectivity index (χ1n) is 9.23. The fourth-order valence-electron chi connectivity index (χ4n) is 3.33. The van der Waals surface area contributed by atoms with Gasteiger partial charge in [-0.3, -0.25) is 0 Å². The fourth-order valence-corrected chi connectivity index (χ4v) is 4.41. The van der Waals surface area contributed by atoms with Crippen LogP contribution in [0.2, 0.25) is 0 Å². The zero-order chi connectivity index (χ0) is 18.1. The summed E-state index contributed by atoms with van der Waals surface area (Å²) in [7, 11) is 0. The number of hydrogen-bond acceptors (Lipinski definition) is 5. The maximum absolute atomic E-state index is 9.24. The lowest BCUT2D eigenvalue weighted by molar-refractivity contribution is -0.0188. The average Bonchev–Trinajstić information content (AvgIpc) is 3.16. The first kappa shape index (κ1) is 19.9. The summed E-state index contributed by atoms with van der Waals surface area (Å²) in [4.78, 5) is 0.920. The minimum atomic E-state index is -0.661. The Balaban J connectivity index is 2.09. The van der Waals surface area contributed by atoms with E-state index >= 15 is 0 Å². The maximum atomic E-state index is 9.24. The molecule has 1 heterocycles. The van der Waals surface area contributed by atoms with Crippen LogP contribution in [0.25, 0.3) is 0 Å². The van der Waals surface area contributed by atoms with Crippen LogP contribution >= 0.6 is 11.3 Å². The molecule has 2 rings (SSSR count). The maximum Gasteiger partial charge on any atom is 0.167 e. The molecule has 0 saturated carbocycles. The van der Waals surface area contributed by atoms with Crippen molar-refractivity contribution in [3.63, 3.8) is 0 Å². The number of ether oxygens (including phenoxy) is 2. The van der Waals surface area contributed by atoms with E-state index in [0.29, 0.717) is 13.2 Å². The lowest BCUT2D eigenvalue weighted by Crippen LogP contribution is -2.34. The van der Waals surface area contributed by atoms with E-state index in [1.807, 2.05) is 0 Å². The van der Waals surface area contributed by atoms with Gasteiger partial charge in [-0.15, -0.1) is 11.3 Å². The molecule has 25 heavy (non-hydrogen) atoms. The number of fused-ring (bicyclic) bond motifs is 1. The molecule has 1 aliphatic carbocycles. The van der Waals surface area contributed by atoms with E-state index in [2.05, 4.69) is 31.4 Å². The van der Waals surface area contributed by atoms with E-state index in [1.165, 1.54) is 11.1 Å². The number of hydrogen-bond donors (Lipinski definition) is 0. The molecule has 0 aromatic carbocycles. The third-order valence-corrected chi connectivity index (χ3v) is 5.89. The average molecular weight is 361 g/mol. The van der Waals surface area contributed by atoms with Crippen molar-refractivity contribution in [1.82, 2.24) is 0 Å². The van der Waals surface area contributed by atoms with Gasteiger partial charge in [0, 0.05) is 23.5 Å². The van der Waals surface area contributed by atoms with Crippen molar-refractivity contribution in [2.75, 3.05) is 26.4 Å². The summed E-state index contributed by atoms with van der Waals surface area (Å²) in [5, 5.41) is 20.6. The van der Waals surface area contributed by atoms with Crippen molar-refractivity contribution >= 4 is 11.3 Å². The molecule has 0 N–H and O–H groups in total. The molecular formula is C20H28N2O2S. The summed E-state index contributed by atoms with van der Waals surface area (Å²) in [5.74, 6) is -0.661. The Morgan fingerprint density at radius 2 is 1.68 bits per heavy atom. The number of nitriles is 2. The minimum Gasteiger partial charge on any atom is -0.381 e. The van der Waals surface area contributed by atoms with E-state index in [1.54, 1.807) is 11.3 Å². The Kier molecular flexibility index (Phi) is 7.90. The molecule has 4 nitrogen and oxygen atoms in total. The Bertz CT molecular complexity index is 601. The summed E-state index contributed by atoms with van der Waals surface area (Å²) >= 11 is 1.55. The van der Waals surface area contributed by atoms with Crippen LogP contribution in [-0.4, -0.2) is 26.4 Å². The molecule has 0 fully saturated rings. The normalized spacial score (nSPS) is 15.1. The molecule has 1 aromatic rings. The smallest absolute Gasteiger partial charge is 0.167 e. The highest BCUT2D eigenvalue weighted by atomic mass is 32.1. The molecule has 0 atom stereocenters. The predicted octanol–water partition coefficient (Wildman–Crippen LogP) is 4.60. The van der Waals surface area contributed by atoms with Gasteiger partial charge < -0.3 is 9.47 Å². The van der Waals surface area contributed by atoms with E-state index in [4.69, 9.17) is 9.47 Å². The van der Waals surface area contributed by atoms with Crippen molar-refractivity contribution in [1.29, 1.82) is 10.5 Å². The molecule has 5 heteroatoms. The zero-order valence-electron chi connectivity index (χ0n) is 15.3. The third kappa shape index (κ3) is 5.05. The molecule has 1 aliphatic rings. The van der Waals surface area contributed by atoms with Gasteiger partial charge in [-0.25, -0.2) is 0 Å². The summed E-state index contributed by atoms with van der Waals surface area (Å²) in [6, 6.07) is 4.24. The van der Waals surface area contributed by atoms with Crippen LogP contribution in [0.3, 0.4) is 0 Å². The third-order valence-electron chi connectivity index (χ3n) is 4.75. The summed E-state index contributed by atoms with van der Waals surface area (Å²) < 4.78 is 11.9. The van der Waals surface area contributed by atoms with Gasteiger partial charge in [0.15, 0.2) is 5.92 Å². The van der Waals surface area contributed by atoms with Gasteiger partial charge in [-0.05, 0) is 42.2 Å². The molecule has 0 aliphatic heterocycles. The lowest BCUT2D eigenvalue weighted by Gasteiger charge is -2.29. The van der Waals surface area contributed by atoms with Gasteiger partial charge in [0.2, 0.25) is 0 Å². The second-order valence-electron chi connectivity index (χ2n) is 6.96. The summed E-state index contributed by atoms with van der Waals surface area (Å²) in [6.07, 6.45) is 6.17. The fraction of sp³-hybridized carbons (Fsp3) is 0.700. The first-order valence-corrected chi connectivity index (χ1v) is 10.1. The second kappa shape index (κ2) is 9.92. The quantitative estimate of drug-likeness (QED) is 0.541. The number of unbranched alkanes of at least 4 members (excludes halogenated alkanes) is 2. The standard InChI is InChI=1S/C20H28N2O2S/c1-3-5-7-23-14-20(15-24-8-6-4-2)9-16-13-25-19(18(16)10-20)17(11-21)12-22/h13,17H,3-10,14-15H2,1-2H3. The Morgan fingerprint density at radius 3 is 2.20 bits per heavy atom. The highest BCUT2D eigenvalue weighted by molar-refractivity contribution is 7.10. The number of rotatable bonds is 11. The van der Waals surface area contributed by atoms with Gasteiger partial charge in [0.25, 0.3) is 0 Å². The molecule has 0 saturated heterocycles. The SMILES string of the molecule is CCCCOCC1(COCCCC)Cc2csc(C(C#N)C#N)c2C1.